The fraction of sp³-hybridized carbons (Fsp3) is 0.538. The molecule has 4 saturated carbocycles. The summed E-state index contributed by atoms with van der Waals surface area (Å²) in [5.41, 5.74) is 4.80. The minimum atomic E-state index is 0.567. The number of benzene rings is 2. The van der Waals surface area contributed by atoms with Crippen molar-refractivity contribution < 1.29 is 10.2 Å². The van der Waals surface area contributed by atoms with Crippen molar-refractivity contribution in [2.45, 2.75) is 51.4 Å². The Hall–Kier alpha value is -1.96. The number of aryl methyl sites for hydroxylation is 2. The third-order valence-electron chi connectivity index (χ3n) is 9.10. The zero-order chi connectivity index (χ0) is 20.6. The third-order valence-corrected chi connectivity index (χ3v) is 9.10. The van der Waals surface area contributed by atoms with Gasteiger partial charge in [-0.3, -0.25) is 0 Å². The summed E-state index contributed by atoms with van der Waals surface area (Å²) in [6.45, 7) is 4.07. The van der Waals surface area contributed by atoms with E-state index in [0.717, 1.165) is 52.4 Å². The molecule has 2 nitrogen and oxygen atoms in total. The van der Waals surface area contributed by atoms with Gasteiger partial charge in [-0.15, -0.1) is 0 Å². The van der Waals surface area contributed by atoms with Crippen molar-refractivity contribution in [3.63, 3.8) is 0 Å². The summed E-state index contributed by atoms with van der Waals surface area (Å²) in [6.07, 6.45) is 5.29. The molecular formula is C26H30O2. The molecule has 4 fully saturated rings. The minimum absolute atomic E-state index is 0.567. The Morgan fingerprint density at radius 3 is 2.32 bits per heavy atom. The molecule has 0 radical (unpaired) electrons. The van der Waals surface area contributed by atoms with Crippen molar-refractivity contribution in [1.82, 2.24) is 0 Å². The maximum atomic E-state index is 7.60. The number of hydrogen-bond acceptors (Lipinski definition) is 2. The van der Waals surface area contributed by atoms with Crippen LogP contribution < -0.4 is 0 Å². The van der Waals surface area contributed by atoms with Crippen LogP contribution in [0, 0.1) is 49.4 Å². The summed E-state index contributed by atoms with van der Waals surface area (Å²) in [7, 11) is 0. The highest BCUT2D eigenvalue weighted by atomic mass is 16.3. The van der Waals surface area contributed by atoms with Crippen LogP contribution in [0.3, 0.4) is 0 Å². The molecule has 0 saturated heterocycles. The van der Waals surface area contributed by atoms with E-state index < -0.39 is 0 Å². The van der Waals surface area contributed by atoms with Crippen LogP contribution in [0.1, 0.15) is 59.8 Å². The molecule has 2 heteroatoms. The molecular weight excluding hydrogens is 344 g/mol. The van der Waals surface area contributed by atoms with Crippen molar-refractivity contribution >= 4 is 0 Å². The summed E-state index contributed by atoms with van der Waals surface area (Å²) >= 11 is 0. The first-order valence-electron chi connectivity index (χ1n) is 11.9. The first-order valence-corrected chi connectivity index (χ1v) is 11.1. The molecule has 0 aliphatic heterocycles. The summed E-state index contributed by atoms with van der Waals surface area (Å²) in [6, 6.07) is 12.9. The van der Waals surface area contributed by atoms with Gasteiger partial charge < -0.3 is 10.2 Å². The predicted molar refractivity (Wildman–Crippen MR) is 111 cm³/mol. The minimum Gasteiger partial charge on any atom is -0.508 e. The van der Waals surface area contributed by atoms with Gasteiger partial charge >= 0.3 is 0 Å². The van der Waals surface area contributed by atoms with Crippen LogP contribution in [0.2, 0.25) is 0 Å². The Labute approximate surface area is 170 Å². The van der Waals surface area contributed by atoms with Crippen molar-refractivity contribution in [1.29, 1.82) is 2.86 Å². The predicted octanol–water partition coefficient (Wildman–Crippen LogP) is 5.89. The topological polar surface area (TPSA) is 40.5 Å². The lowest BCUT2D eigenvalue weighted by Gasteiger charge is -2.42. The Morgan fingerprint density at radius 1 is 0.821 bits per heavy atom. The SMILES string of the molecule is [2H]Oc1cc(C2CC3CC2C2C4CC(c5cccc(C)c5O[2H])C(C4)C32)ccc1C. The molecule has 8 unspecified atom stereocenters. The van der Waals surface area contributed by atoms with E-state index in [0.29, 0.717) is 17.6 Å². The van der Waals surface area contributed by atoms with Crippen molar-refractivity contribution in [3.8, 4) is 11.5 Å². The van der Waals surface area contributed by atoms with Gasteiger partial charge in [0, 0.05) is 0 Å². The fourth-order valence-electron chi connectivity index (χ4n) is 8.16. The molecule has 6 rings (SSSR count). The van der Waals surface area contributed by atoms with E-state index in [1.54, 1.807) is 0 Å². The number of hydrogen-bond donors (Lipinski definition) is 2. The summed E-state index contributed by atoms with van der Waals surface area (Å²) < 4.78 is 15.0. The highest BCUT2D eigenvalue weighted by molar-refractivity contribution is 5.44. The molecule has 0 heterocycles. The molecule has 2 aromatic rings. The number of para-hydroxylation sites is 1. The largest absolute Gasteiger partial charge is 0.508 e. The van der Waals surface area contributed by atoms with Crippen LogP contribution in [0.4, 0.5) is 0 Å². The molecule has 28 heavy (non-hydrogen) atoms. The highest BCUT2D eigenvalue weighted by Crippen LogP contribution is 2.73. The second-order valence-corrected chi connectivity index (χ2v) is 10.2. The van der Waals surface area contributed by atoms with E-state index in [1.165, 1.54) is 36.8 Å². The number of aromatic hydroxyl groups is 2. The standard InChI is InChI=1S/C26H30O2/c1-13-6-7-15(12-23(13)27)19-8-16-10-21(19)24-17-9-20(22(11-17)25(16)24)18-5-3-4-14(2)26(18)28/h3-7,12,16-17,19-22,24-25,27-28H,8-11H2,1-2H3/i/hD2. The van der Waals surface area contributed by atoms with Gasteiger partial charge in [0.15, 0.2) is 0 Å². The van der Waals surface area contributed by atoms with Crippen molar-refractivity contribution in [2.75, 3.05) is 0 Å². The quantitative estimate of drug-likeness (QED) is 0.653. The van der Waals surface area contributed by atoms with E-state index in [-0.39, 0.29) is 0 Å². The maximum Gasteiger partial charge on any atom is 0.293 e. The average Bonchev–Trinajstić information content (AvgIpc) is 3.52. The average molecular weight is 377 g/mol. The van der Waals surface area contributed by atoms with E-state index in [1.807, 2.05) is 6.92 Å². The second kappa shape index (κ2) is 5.78. The smallest absolute Gasteiger partial charge is 0.293 e. The molecule has 0 aromatic heterocycles. The first-order chi connectivity index (χ1) is 14.6. The molecule has 4 bridgehead atoms. The Kier molecular flexibility index (Phi) is 3.09. The lowest BCUT2D eigenvalue weighted by Crippen LogP contribution is -2.34. The zero-order valence-electron chi connectivity index (χ0n) is 18.7. The van der Waals surface area contributed by atoms with Crippen LogP contribution in [0.25, 0.3) is 0 Å². The highest BCUT2D eigenvalue weighted by Gasteiger charge is 2.64. The van der Waals surface area contributed by atoms with Gasteiger partial charge in [0.1, 0.15) is 11.5 Å². The van der Waals surface area contributed by atoms with Gasteiger partial charge in [-0.2, -0.15) is 0 Å². The summed E-state index contributed by atoms with van der Waals surface area (Å²) in [5, 5.41) is 9.98. The molecule has 0 spiro atoms. The molecule has 2 aromatic carbocycles. The van der Waals surface area contributed by atoms with Crippen LogP contribution >= 0.6 is 0 Å². The van der Waals surface area contributed by atoms with Crippen LogP contribution in [-0.4, -0.2) is 13.1 Å². The first kappa shape index (κ1) is 15.0. The molecule has 8 atom stereocenters. The van der Waals surface area contributed by atoms with Gasteiger partial charge in [-0.05, 0) is 115 Å². The number of fused-ring (bicyclic) bond motifs is 9. The van der Waals surface area contributed by atoms with Crippen molar-refractivity contribution in [3.05, 3.63) is 58.7 Å². The molecule has 0 amide bonds. The normalized spacial score (nSPS) is 40.9. The monoisotopic (exact) mass is 376 g/mol. The van der Waals surface area contributed by atoms with E-state index in [4.69, 9.17) is 13.1 Å². The lowest BCUT2D eigenvalue weighted by atomic mass is 9.62. The van der Waals surface area contributed by atoms with E-state index >= 15 is 0 Å². The number of phenolic OH excluding ortho intramolecular Hbond substituents is 2. The Balaban J connectivity index is 1.28. The van der Waals surface area contributed by atoms with Gasteiger partial charge in [-0.1, -0.05) is 30.3 Å². The summed E-state index contributed by atoms with van der Waals surface area (Å²) in [4.78, 5) is 0. The second-order valence-electron chi connectivity index (χ2n) is 10.2. The van der Waals surface area contributed by atoms with Gasteiger partial charge in [-0.25, -0.2) is 0 Å². The lowest BCUT2D eigenvalue weighted by molar-refractivity contribution is 0.116. The molecule has 4 aliphatic carbocycles. The third kappa shape index (κ3) is 2.15. The fourth-order valence-corrected chi connectivity index (χ4v) is 8.16. The van der Waals surface area contributed by atoms with Gasteiger partial charge in [0.25, 0.3) is 2.86 Å². The number of phenols is 2. The van der Waals surface area contributed by atoms with E-state index in [9.17, 15) is 0 Å². The van der Waals surface area contributed by atoms with Crippen LogP contribution in [0.15, 0.2) is 36.4 Å². The van der Waals surface area contributed by atoms with Gasteiger partial charge in [0.2, 0.25) is 0 Å². The Bertz CT molecular complexity index is 989. The molecule has 4 aliphatic rings. The number of rotatable bonds is 4. The molecule has 2 N–H and O–H groups in total. The van der Waals surface area contributed by atoms with Crippen LogP contribution in [0.5, 0.6) is 11.5 Å². The molecule has 146 valence electrons. The maximum absolute atomic E-state index is 7.60. The van der Waals surface area contributed by atoms with E-state index in [2.05, 4.69) is 43.3 Å². The zero-order valence-corrected chi connectivity index (χ0v) is 16.7. The van der Waals surface area contributed by atoms with Gasteiger partial charge in [0.05, 0.1) is 0 Å². The van der Waals surface area contributed by atoms with Crippen molar-refractivity contribution in [2.24, 2.45) is 35.5 Å². The Morgan fingerprint density at radius 2 is 1.57 bits per heavy atom. The van der Waals surface area contributed by atoms with Crippen LogP contribution in [-0.2, 0) is 0 Å². The summed E-state index contributed by atoms with van der Waals surface area (Å²) in [5.74, 6) is 7.63.